The zero-order valence-corrected chi connectivity index (χ0v) is 8.69. The van der Waals surface area contributed by atoms with Gasteiger partial charge in [0, 0.05) is 0 Å². The molecule has 0 saturated heterocycles. The van der Waals surface area contributed by atoms with Gasteiger partial charge in [-0.3, -0.25) is 4.79 Å². The van der Waals surface area contributed by atoms with Crippen LogP contribution in [0.5, 0.6) is 5.75 Å². The first-order valence-corrected chi connectivity index (χ1v) is 5.11. The average molecular weight is 259 g/mol. The molecule has 14 heavy (non-hydrogen) atoms. The monoisotopic (exact) mass is 258 g/mol. The van der Waals surface area contributed by atoms with Gasteiger partial charge in [0.25, 0.3) is 6.29 Å². The van der Waals surface area contributed by atoms with E-state index in [9.17, 15) is 4.79 Å². The number of hydrogen-bond donors (Lipinski definition) is 0. The molecule has 1 aromatic rings. The maximum atomic E-state index is 11.0. The van der Waals surface area contributed by atoms with E-state index in [1.165, 1.54) is 0 Å². The fourth-order valence-corrected chi connectivity index (χ4v) is 1.26. The summed E-state index contributed by atoms with van der Waals surface area (Å²) < 4.78 is 4.95. The van der Waals surface area contributed by atoms with Gasteiger partial charge in [-0.15, -0.1) is 4.89 Å². The molecule has 0 aliphatic carbocycles. The van der Waals surface area contributed by atoms with Gasteiger partial charge < -0.3 is 9.62 Å². The Bertz CT molecular complexity index is 352. The van der Waals surface area contributed by atoms with E-state index in [1.54, 1.807) is 12.1 Å². The van der Waals surface area contributed by atoms with Crippen LogP contribution in [0.1, 0.15) is 11.9 Å². The van der Waals surface area contributed by atoms with Crippen molar-refractivity contribution in [1.82, 2.24) is 0 Å². The Hall–Kier alpha value is -1.07. The van der Waals surface area contributed by atoms with Crippen molar-refractivity contribution >= 4 is 21.9 Å². The Balaban J connectivity index is 2.14. The summed E-state index contributed by atoms with van der Waals surface area (Å²) in [6, 6.07) is 7.18. The van der Waals surface area contributed by atoms with Crippen LogP contribution in [-0.4, -0.2) is 11.3 Å². The number of hydrogen-bond acceptors (Lipinski definition) is 4. The van der Waals surface area contributed by atoms with Crippen molar-refractivity contribution in [2.24, 2.45) is 0 Å². The second-order valence-electron chi connectivity index (χ2n) is 2.67. The van der Waals surface area contributed by atoms with Gasteiger partial charge in [-0.1, -0.05) is 28.1 Å². The molecule has 0 radical (unpaired) electrons. The zero-order chi connectivity index (χ0) is 9.97. The first-order chi connectivity index (χ1) is 6.81. The smallest absolute Gasteiger partial charge is 0.319 e. The number of alkyl halides is 1. The van der Waals surface area contributed by atoms with Crippen LogP contribution in [0.4, 0.5) is 0 Å². The van der Waals surface area contributed by atoms with Crippen molar-refractivity contribution in [3.8, 4) is 5.75 Å². The Morgan fingerprint density at radius 3 is 3.07 bits per heavy atom. The van der Waals surface area contributed by atoms with Gasteiger partial charge in [-0.05, 0) is 12.1 Å². The van der Waals surface area contributed by atoms with Crippen molar-refractivity contribution in [1.29, 1.82) is 0 Å². The topological polar surface area (TPSA) is 44.8 Å². The van der Waals surface area contributed by atoms with Crippen molar-refractivity contribution in [2.45, 2.75) is 6.29 Å². The molecule has 0 fully saturated rings. The van der Waals surface area contributed by atoms with E-state index in [4.69, 9.17) is 14.5 Å². The van der Waals surface area contributed by atoms with Crippen LogP contribution in [0.3, 0.4) is 0 Å². The maximum absolute atomic E-state index is 11.0. The number of para-hydroxylation sites is 1. The molecule has 2 rings (SSSR count). The highest BCUT2D eigenvalue weighted by Crippen LogP contribution is 2.35. The second-order valence-corrected chi connectivity index (χ2v) is 3.23. The Kier molecular flexibility index (Phi) is 2.69. The third kappa shape index (κ3) is 1.73. The molecule has 0 saturated carbocycles. The third-order valence-corrected chi connectivity index (χ3v) is 2.20. The van der Waals surface area contributed by atoms with E-state index < -0.39 is 12.3 Å². The summed E-state index contributed by atoms with van der Waals surface area (Å²) in [4.78, 5) is 20.7. The molecular formula is C9H7BrO4. The normalized spacial score (nSPS) is 18.5. The van der Waals surface area contributed by atoms with Crippen LogP contribution in [0.2, 0.25) is 0 Å². The minimum absolute atomic E-state index is 0.134. The molecule has 0 bridgehead atoms. The number of fused-ring (bicyclic) bond motifs is 1. The van der Waals surface area contributed by atoms with Gasteiger partial charge in [-0.25, -0.2) is 0 Å². The summed E-state index contributed by atoms with van der Waals surface area (Å²) in [5.41, 5.74) is 0.724. The molecular weight excluding hydrogens is 252 g/mol. The SMILES string of the molecule is O=C(CBr)OC1OOc2ccccc21. The number of esters is 1. The van der Waals surface area contributed by atoms with Crippen molar-refractivity contribution < 1.29 is 19.3 Å². The quantitative estimate of drug-likeness (QED) is 0.462. The van der Waals surface area contributed by atoms with Crippen molar-refractivity contribution in [3.05, 3.63) is 29.8 Å². The van der Waals surface area contributed by atoms with Crippen LogP contribution < -0.4 is 4.89 Å². The lowest BCUT2D eigenvalue weighted by molar-refractivity contribution is -0.291. The van der Waals surface area contributed by atoms with E-state index >= 15 is 0 Å². The molecule has 4 nitrogen and oxygen atoms in total. The van der Waals surface area contributed by atoms with Gasteiger partial charge in [0.15, 0.2) is 5.75 Å². The molecule has 0 N–H and O–H groups in total. The largest absolute Gasteiger partial charge is 0.427 e. The van der Waals surface area contributed by atoms with E-state index in [1.807, 2.05) is 12.1 Å². The summed E-state index contributed by atoms with van der Waals surface area (Å²) in [5.74, 6) is 0.190. The third-order valence-electron chi connectivity index (χ3n) is 1.75. The van der Waals surface area contributed by atoms with E-state index in [0.29, 0.717) is 5.75 Å². The fraction of sp³-hybridized carbons (Fsp3) is 0.222. The number of halogens is 1. The van der Waals surface area contributed by atoms with Crippen LogP contribution in [0, 0.1) is 0 Å². The maximum Gasteiger partial charge on any atom is 0.319 e. The standard InChI is InChI=1S/C9H7BrO4/c10-5-8(11)12-9-6-3-1-2-4-7(6)13-14-9/h1-4,9H,5H2. The van der Waals surface area contributed by atoms with Crippen LogP contribution >= 0.6 is 15.9 Å². The van der Waals surface area contributed by atoms with E-state index in [-0.39, 0.29) is 5.33 Å². The summed E-state index contributed by atoms with van der Waals surface area (Å²) in [6.45, 7) is 0. The van der Waals surface area contributed by atoms with Crippen LogP contribution in [0.25, 0.3) is 0 Å². The van der Waals surface area contributed by atoms with Crippen molar-refractivity contribution in [2.75, 3.05) is 5.33 Å². The average Bonchev–Trinajstić information content (AvgIpc) is 2.62. The van der Waals surface area contributed by atoms with Crippen LogP contribution in [0.15, 0.2) is 24.3 Å². The second kappa shape index (κ2) is 3.98. The highest BCUT2D eigenvalue weighted by Gasteiger charge is 2.28. The van der Waals surface area contributed by atoms with Crippen molar-refractivity contribution in [3.63, 3.8) is 0 Å². The van der Waals surface area contributed by atoms with Gasteiger partial charge in [0.05, 0.1) is 5.56 Å². The lowest BCUT2D eigenvalue weighted by atomic mass is 10.2. The molecule has 74 valence electrons. The predicted molar refractivity (Wildman–Crippen MR) is 50.8 cm³/mol. The molecule has 1 unspecified atom stereocenters. The number of rotatable bonds is 2. The number of carbonyl (C=O) groups is 1. The molecule has 5 heteroatoms. The van der Waals surface area contributed by atoms with E-state index in [0.717, 1.165) is 5.56 Å². The lowest BCUT2D eigenvalue weighted by Crippen LogP contribution is -2.11. The highest BCUT2D eigenvalue weighted by molar-refractivity contribution is 9.09. The highest BCUT2D eigenvalue weighted by atomic mass is 79.9. The van der Waals surface area contributed by atoms with E-state index in [2.05, 4.69) is 15.9 Å². The molecule has 1 heterocycles. The van der Waals surface area contributed by atoms with Crippen LogP contribution in [-0.2, 0) is 14.4 Å². The predicted octanol–water partition coefficient (Wildman–Crippen LogP) is 1.95. The summed E-state index contributed by atoms with van der Waals surface area (Å²) >= 11 is 2.99. The lowest BCUT2D eigenvalue weighted by Gasteiger charge is -2.07. The first-order valence-electron chi connectivity index (χ1n) is 3.99. The summed E-state index contributed by atoms with van der Waals surface area (Å²) in [6.07, 6.45) is -0.753. The number of carbonyl (C=O) groups excluding carboxylic acids is 1. The Morgan fingerprint density at radius 2 is 2.29 bits per heavy atom. The number of ether oxygens (including phenoxy) is 1. The Labute approximate surface area is 88.8 Å². The van der Waals surface area contributed by atoms with Gasteiger partial charge >= 0.3 is 5.97 Å². The fourth-order valence-electron chi connectivity index (χ4n) is 1.13. The first kappa shape index (κ1) is 9.48. The van der Waals surface area contributed by atoms with Gasteiger partial charge in [-0.2, -0.15) is 0 Å². The van der Waals surface area contributed by atoms with Gasteiger partial charge in [0.1, 0.15) is 5.33 Å². The molecule has 1 atom stereocenters. The minimum atomic E-state index is -0.753. The number of benzene rings is 1. The van der Waals surface area contributed by atoms with Gasteiger partial charge in [0.2, 0.25) is 0 Å². The Morgan fingerprint density at radius 1 is 1.50 bits per heavy atom. The summed E-state index contributed by atoms with van der Waals surface area (Å²) in [5, 5.41) is 0.134. The molecule has 1 aliphatic rings. The molecule has 0 spiro atoms. The minimum Gasteiger partial charge on any atom is -0.427 e. The molecule has 0 amide bonds. The molecule has 1 aliphatic heterocycles. The summed E-state index contributed by atoms with van der Waals surface area (Å²) in [7, 11) is 0. The molecule has 0 aromatic heterocycles. The molecule has 1 aromatic carbocycles. The zero-order valence-electron chi connectivity index (χ0n) is 7.10.